The first-order chi connectivity index (χ1) is 14.0. The second-order valence-electron chi connectivity index (χ2n) is 14.4. The summed E-state index contributed by atoms with van der Waals surface area (Å²) < 4.78 is 33.0. The van der Waals surface area contributed by atoms with Crippen molar-refractivity contribution in [2.24, 2.45) is 0 Å². The van der Waals surface area contributed by atoms with Crippen molar-refractivity contribution in [3.8, 4) is 0 Å². The maximum atomic E-state index is 7.04. The Hall–Kier alpha value is 0.451. The van der Waals surface area contributed by atoms with Crippen LogP contribution in [0.3, 0.4) is 0 Å². The molecule has 8 heteroatoms. The molecule has 0 radical (unpaired) electrons. The average Bonchev–Trinajstić information content (AvgIpc) is 3.31. The van der Waals surface area contributed by atoms with Gasteiger partial charge in [-0.3, -0.25) is 0 Å². The highest BCUT2D eigenvalue weighted by atomic mass is 28.4. The van der Waals surface area contributed by atoms with Crippen molar-refractivity contribution in [1.29, 1.82) is 0 Å². The summed E-state index contributed by atoms with van der Waals surface area (Å²) in [6.07, 6.45) is -0.716. The number of fused-ring (bicyclic) bond motifs is 1. The molecule has 32 heavy (non-hydrogen) atoms. The number of epoxide rings is 1. The van der Waals surface area contributed by atoms with Crippen LogP contribution in [0.5, 0.6) is 0 Å². The quantitative estimate of drug-likeness (QED) is 0.278. The number of ether oxygens (including phenoxy) is 2. The second kappa shape index (κ2) is 8.84. The third-order valence-corrected chi connectivity index (χ3v) is 22.1. The molecule has 0 spiro atoms. The van der Waals surface area contributed by atoms with E-state index in [-0.39, 0.29) is 45.8 Å². The molecule has 0 amide bonds. The predicted molar refractivity (Wildman–Crippen MR) is 141 cm³/mol. The molecule has 0 aromatic rings. The van der Waals surface area contributed by atoms with Gasteiger partial charge in [-0.1, -0.05) is 62.3 Å². The van der Waals surface area contributed by atoms with Crippen LogP contribution in [0.15, 0.2) is 0 Å². The molecule has 190 valence electrons. The molecule has 5 nitrogen and oxygen atoms in total. The largest absolute Gasteiger partial charge is 0.414 e. The van der Waals surface area contributed by atoms with Crippen LogP contribution >= 0.6 is 0 Å². The standard InChI is InChI=1S/C24H52O5Si3/c1-22(2,3)30(10,11)25-16-17-18(28-31(12,13)23(4,5)6)19(20-21(26-17)27-20)29-32(14,15)24(7,8)9/h17-21H,16H2,1-15H3/t17-,18+,19+,20-,21-/m1/s1. The van der Waals surface area contributed by atoms with Gasteiger partial charge < -0.3 is 22.8 Å². The summed E-state index contributed by atoms with van der Waals surface area (Å²) in [6.45, 7) is 34.9. The first-order valence-corrected chi connectivity index (χ1v) is 21.0. The van der Waals surface area contributed by atoms with Crippen molar-refractivity contribution in [1.82, 2.24) is 0 Å². The molecular formula is C24H52O5Si3. The Labute approximate surface area is 201 Å². The van der Waals surface area contributed by atoms with Crippen molar-refractivity contribution < 1.29 is 22.8 Å². The van der Waals surface area contributed by atoms with Gasteiger partial charge in [0.05, 0.1) is 6.61 Å². The van der Waals surface area contributed by atoms with E-state index >= 15 is 0 Å². The monoisotopic (exact) mass is 504 g/mol. The minimum Gasteiger partial charge on any atom is -0.414 e. The maximum absolute atomic E-state index is 7.04. The van der Waals surface area contributed by atoms with E-state index < -0.39 is 25.0 Å². The van der Waals surface area contributed by atoms with Crippen molar-refractivity contribution in [2.75, 3.05) is 6.61 Å². The van der Waals surface area contributed by atoms with E-state index in [1.165, 1.54) is 0 Å². The van der Waals surface area contributed by atoms with Crippen LogP contribution in [-0.2, 0) is 22.8 Å². The van der Waals surface area contributed by atoms with Crippen molar-refractivity contribution >= 4 is 25.0 Å². The zero-order chi connectivity index (χ0) is 25.1. The third kappa shape index (κ3) is 6.17. The molecule has 2 fully saturated rings. The Balaban J connectivity index is 2.35. The fourth-order valence-corrected chi connectivity index (χ4v) is 6.69. The summed E-state index contributed by atoms with van der Waals surface area (Å²) in [4.78, 5) is 0. The third-order valence-electron chi connectivity index (χ3n) is 8.69. The van der Waals surface area contributed by atoms with Gasteiger partial charge in [0.25, 0.3) is 0 Å². The van der Waals surface area contributed by atoms with Gasteiger partial charge in [0.15, 0.2) is 31.2 Å². The van der Waals surface area contributed by atoms with E-state index in [9.17, 15) is 0 Å². The van der Waals surface area contributed by atoms with Crippen LogP contribution < -0.4 is 0 Å². The zero-order valence-electron chi connectivity index (χ0n) is 23.6. The molecule has 0 N–H and O–H groups in total. The molecular weight excluding hydrogens is 453 g/mol. The first kappa shape index (κ1) is 28.7. The second-order valence-corrected chi connectivity index (χ2v) is 28.7. The topological polar surface area (TPSA) is 49.5 Å². The Kier molecular flexibility index (Phi) is 7.92. The molecule has 2 rings (SSSR count). The Morgan fingerprint density at radius 1 is 0.594 bits per heavy atom. The van der Waals surface area contributed by atoms with Crippen molar-refractivity contribution in [2.45, 2.75) is 147 Å². The van der Waals surface area contributed by atoms with E-state index in [4.69, 9.17) is 22.8 Å². The van der Waals surface area contributed by atoms with Gasteiger partial charge in [-0.15, -0.1) is 0 Å². The summed E-state index contributed by atoms with van der Waals surface area (Å²) in [5, 5.41) is 0.359. The molecule has 2 heterocycles. The van der Waals surface area contributed by atoms with Gasteiger partial charge in [-0.05, 0) is 54.4 Å². The molecule has 5 atom stereocenters. The summed E-state index contributed by atoms with van der Waals surface area (Å²) in [5.41, 5.74) is 0. The minimum absolute atomic E-state index is 0.0389. The minimum atomic E-state index is -2.06. The lowest BCUT2D eigenvalue weighted by molar-refractivity contribution is -0.133. The average molecular weight is 505 g/mol. The molecule has 0 saturated carbocycles. The van der Waals surface area contributed by atoms with Crippen LogP contribution in [0.1, 0.15) is 62.3 Å². The van der Waals surface area contributed by atoms with Crippen LogP contribution in [0.4, 0.5) is 0 Å². The lowest BCUT2D eigenvalue weighted by Crippen LogP contribution is -2.61. The van der Waals surface area contributed by atoms with Gasteiger partial charge in [-0.2, -0.15) is 0 Å². The zero-order valence-corrected chi connectivity index (χ0v) is 26.6. The highest BCUT2D eigenvalue weighted by Crippen LogP contribution is 2.47. The summed E-state index contributed by atoms with van der Waals surface area (Å²) in [6, 6.07) is 0. The fraction of sp³-hybridized carbons (Fsp3) is 1.00. The molecule has 0 aromatic carbocycles. The van der Waals surface area contributed by atoms with Gasteiger partial charge >= 0.3 is 0 Å². The van der Waals surface area contributed by atoms with E-state index in [2.05, 4.69) is 102 Å². The normalized spacial score (nSPS) is 30.3. The highest BCUT2D eigenvalue weighted by molar-refractivity contribution is 6.75. The highest BCUT2D eigenvalue weighted by Gasteiger charge is 2.61. The number of rotatable bonds is 7. The lowest BCUT2D eigenvalue weighted by atomic mass is 10.0. The lowest BCUT2D eigenvalue weighted by Gasteiger charge is -2.48. The molecule has 0 aliphatic carbocycles. The summed E-state index contributed by atoms with van der Waals surface area (Å²) in [7, 11) is -6.00. The fourth-order valence-electron chi connectivity index (χ4n) is 3.05. The maximum Gasteiger partial charge on any atom is 0.192 e. The van der Waals surface area contributed by atoms with Gasteiger partial charge in [0.1, 0.15) is 24.4 Å². The number of hydrogen-bond donors (Lipinski definition) is 0. The van der Waals surface area contributed by atoms with Crippen LogP contribution in [0, 0.1) is 0 Å². The van der Waals surface area contributed by atoms with E-state index in [0.717, 1.165) is 0 Å². The van der Waals surface area contributed by atoms with Crippen LogP contribution in [-0.4, -0.2) is 62.3 Å². The Morgan fingerprint density at radius 2 is 1.00 bits per heavy atom. The number of hydrogen-bond acceptors (Lipinski definition) is 5. The van der Waals surface area contributed by atoms with Crippen LogP contribution in [0.25, 0.3) is 0 Å². The van der Waals surface area contributed by atoms with Gasteiger partial charge in [-0.25, -0.2) is 0 Å². The smallest absolute Gasteiger partial charge is 0.192 e. The van der Waals surface area contributed by atoms with E-state index in [1.807, 2.05) is 0 Å². The molecule has 2 aliphatic rings. The summed E-state index contributed by atoms with van der Waals surface area (Å²) in [5.74, 6) is 0. The first-order valence-electron chi connectivity index (χ1n) is 12.3. The molecule has 2 saturated heterocycles. The summed E-state index contributed by atoms with van der Waals surface area (Å²) >= 11 is 0. The molecule has 2 aliphatic heterocycles. The van der Waals surface area contributed by atoms with Crippen LogP contribution in [0.2, 0.25) is 54.4 Å². The molecule has 0 bridgehead atoms. The SMILES string of the molecule is CC(C)(C)[Si](C)(C)OC[C@H]1O[C@@H]2O[C@@H]2[C@@H](O[Si](C)(C)C(C)(C)C)[C@H]1O[Si](C)(C)C(C)(C)C. The van der Waals surface area contributed by atoms with Gasteiger partial charge in [0, 0.05) is 0 Å². The molecule has 0 unspecified atom stereocenters. The van der Waals surface area contributed by atoms with E-state index in [1.54, 1.807) is 0 Å². The predicted octanol–water partition coefficient (Wildman–Crippen LogP) is 6.91. The molecule has 0 aromatic heterocycles. The van der Waals surface area contributed by atoms with Crippen molar-refractivity contribution in [3.63, 3.8) is 0 Å². The van der Waals surface area contributed by atoms with E-state index in [0.29, 0.717) is 6.61 Å². The Morgan fingerprint density at radius 3 is 1.41 bits per heavy atom. The Bertz CT molecular complexity index is 658. The van der Waals surface area contributed by atoms with Crippen molar-refractivity contribution in [3.05, 3.63) is 0 Å². The van der Waals surface area contributed by atoms with Gasteiger partial charge in [0.2, 0.25) is 0 Å².